The van der Waals surface area contributed by atoms with Crippen LogP contribution in [0.4, 0.5) is 5.69 Å². The van der Waals surface area contributed by atoms with Crippen molar-refractivity contribution in [2.24, 2.45) is 0 Å². The maximum Gasteiger partial charge on any atom is 0.291 e. The van der Waals surface area contributed by atoms with Crippen molar-refractivity contribution in [3.05, 3.63) is 46.2 Å². The average molecular weight is 335 g/mol. The van der Waals surface area contributed by atoms with E-state index < -0.39 is 0 Å². The summed E-state index contributed by atoms with van der Waals surface area (Å²) in [4.78, 5) is 16.3. The van der Waals surface area contributed by atoms with Crippen molar-refractivity contribution in [1.29, 1.82) is 0 Å². The number of anilines is 1. The molecule has 0 aliphatic rings. The first-order valence-electron chi connectivity index (χ1n) is 5.93. The standard InChI is InChI=1S/C13H11BrN4O2/c1-7-5-9(6-18-12(7)15-8(2)17-18)16-13(19)10-3-4-11(14)20-10/h3-6H,1-2H3,(H,16,19). The Kier molecular flexibility index (Phi) is 3.06. The number of rotatable bonds is 2. The van der Waals surface area contributed by atoms with E-state index in [0.717, 1.165) is 11.2 Å². The molecule has 102 valence electrons. The van der Waals surface area contributed by atoms with Gasteiger partial charge in [-0.3, -0.25) is 4.79 Å². The Balaban J connectivity index is 1.92. The van der Waals surface area contributed by atoms with Gasteiger partial charge in [-0.2, -0.15) is 5.10 Å². The second-order valence-corrected chi connectivity index (χ2v) is 5.18. The van der Waals surface area contributed by atoms with E-state index in [1.54, 1.807) is 22.8 Å². The summed E-state index contributed by atoms with van der Waals surface area (Å²) >= 11 is 3.16. The van der Waals surface area contributed by atoms with Gasteiger partial charge >= 0.3 is 0 Å². The van der Waals surface area contributed by atoms with E-state index in [2.05, 4.69) is 31.3 Å². The Hall–Kier alpha value is -2.15. The van der Waals surface area contributed by atoms with Crippen LogP contribution in [-0.2, 0) is 0 Å². The van der Waals surface area contributed by atoms with Gasteiger partial charge in [0.25, 0.3) is 5.91 Å². The SMILES string of the molecule is Cc1nc2c(C)cc(NC(=O)c3ccc(Br)o3)cn2n1. The lowest BCUT2D eigenvalue weighted by Gasteiger charge is -2.05. The van der Waals surface area contributed by atoms with Crippen molar-refractivity contribution in [1.82, 2.24) is 14.6 Å². The van der Waals surface area contributed by atoms with Crippen LogP contribution in [-0.4, -0.2) is 20.5 Å². The molecule has 0 aliphatic carbocycles. The molecule has 0 atom stereocenters. The predicted molar refractivity (Wildman–Crippen MR) is 76.8 cm³/mol. The number of hydrogen-bond acceptors (Lipinski definition) is 4. The molecular formula is C13H11BrN4O2. The molecule has 20 heavy (non-hydrogen) atoms. The number of amides is 1. The predicted octanol–water partition coefficient (Wildman–Crippen LogP) is 2.95. The second kappa shape index (κ2) is 4.75. The fourth-order valence-corrected chi connectivity index (χ4v) is 2.26. The highest BCUT2D eigenvalue weighted by Gasteiger charge is 2.12. The highest BCUT2D eigenvalue weighted by Crippen LogP contribution is 2.18. The summed E-state index contributed by atoms with van der Waals surface area (Å²) in [5, 5.41) is 7.01. The number of nitrogens with zero attached hydrogens (tertiary/aromatic N) is 3. The Morgan fingerprint density at radius 3 is 2.90 bits per heavy atom. The molecule has 3 aromatic heterocycles. The van der Waals surface area contributed by atoms with E-state index in [1.165, 1.54) is 0 Å². The summed E-state index contributed by atoms with van der Waals surface area (Å²) in [5.74, 6) is 0.613. The number of furan rings is 1. The largest absolute Gasteiger partial charge is 0.444 e. The van der Waals surface area contributed by atoms with Crippen LogP contribution in [0.5, 0.6) is 0 Å². The third kappa shape index (κ3) is 2.32. The fraction of sp³-hybridized carbons (Fsp3) is 0.154. The number of nitrogens with one attached hydrogen (secondary N) is 1. The maximum atomic E-state index is 12.0. The molecule has 7 heteroatoms. The van der Waals surface area contributed by atoms with Crippen LogP contribution in [0.3, 0.4) is 0 Å². The number of aromatic nitrogens is 3. The lowest BCUT2D eigenvalue weighted by Crippen LogP contribution is -2.11. The zero-order chi connectivity index (χ0) is 14.3. The monoisotopic (exact) mass is 334 g/mol. The summed E-state index contributed by atoms with van der Waals surface area (Å²) in [6.07, 6.45) is 1.72. The zero-order valence-electron chi connectivity index (χ0n) is 10.8. The zero-order valence-corrected chi connectivity index (χ0v) is 12.4. The Morgan fingerprint density at radius 1 is 1.40 bits per heavy atom. The van der Waals surface area contributed by atoms with Crippen LogP contribution in [0.2, 0.25) is 0 Å². The quantitative estimate of drug-likeness (QED) is 0.781. The Morgan fingerprint density at radius 2 is 2.20 bits per heavy atom. The molecule has 0 aromatic carbocycles. The minimum absolute atomic E-state index is 0.240. The summed E-state index contributed by atoms with van der Waals surface area (Å²) in [6, 6.07) is 5.12. The van der Waals surface area contributed by atoms with Crippen LogP contribution in [0, 0.1) is 13.8 Å². The van der Waals surface area contributed by atoms with Crippen molar-refractivity contribution >= 4 is 33.2 Å². The Labute approximate surface area is 122 Å². The van der Waals surface area contributed by atoms with Crippen molar-refractivity contribution in [3.8, 4) is 0 Å². The van der Waals surface area contributed by atoms with E-state index in [4.69, 9.17) is 4.42 Å². The molecule has 3 rings (SSSR count). The molecule has 0 aliphatic heterocycles. The molecule has 1 amide bonds. The molecule has 0 fully saturated rings. The normalized spacial score (nSPS) is 10.9. The van der Waals surface area contributed by atoms with Crippen molar-refractivity contribution in [2.45, 2.75) is 13.8 Å². The number of aryl methyl sites for hydroxylation is 2. The summed E-state index contributed by atoms with van der Waals surface area (Å²) in [7, 11) is 0. The van der Waals surface area contributed by atoms with Crippen LogP contribution < -0.4 is 5.32 Å². The van der Waals surface area contributed by atoms with Crippen LogP contribution >= 0.6 is 15.9 Å². The molecule has 3 aromatic rings. The first-order valence-corrected chi connectivity index (χ1v) is 6.72. The molecule has 0 saturated carbocycles. The lowest BCUT2D eigenvalue weighted by atomic mass is 10.2. The van der Waals surface area contributed by atoms with Gasteiger partial charge in [0.05, 0.1) is 11.9 Å². The third-order valence-electron chi connectivity index (χ3n) is 2.78. The van der Waals surface area contributed by atoms with Crippen molar-refractivity contribution in [3.63, 3.8) is 0 Å². The smallest absolute Gasteiger partial charge is 0.291 e. The first-order chi connectivity index (χ1) is 9.52. The van der Waals surface area contributed by atoms with Crippen LogP contribution in [0.15, 0.2) is 33.5 Å². The summed E-state index contributed by atoms with van der Waals surface area (Å²) < 4.78 is 7.38. The van der Waals surface area contributed by atoms with Gasteiger partial charge < -0.3 is 9.73 Å². The third-order valence-corrected chi connectivity index (χ3v) is 3.20. The van der Waals surface area contributed by atoms with E-state index in [1.807, 2.05) is 19.9 Å². The van der Waals surface area contributed by atoms with Gasteiger partial charge in [-0.15, -0.1) is 0 Å². The summed E-state index contributed by atoms with van der Waals surface area (Å²) in [5.41, 5.74) is 2.35. The lowest BCUT2D eigenvalue weighted by molar-refractivity contribution is 0.0995. The van der Waals surface area contributed by atoms with Crippen molar-refractivity contribution in [2.75, 3.05) is 5.32 Å². The maximum absolute atomic E-state index is 12.0. The molecule has 3 heterocycles. The highest BCUT2D eigenvalue weighted by atomic mass is 79.9. The Bertz CT molecular complexity index is 806. The molecule has 0 bridgehead atoms. The number of pyridine rings is 1. The number of hydrogen-bond donors (Lipinski definition) is 1. The number of halogens is 1. The molecule has 1 N–H and O–H groups in total. The van der Waals surface area contributed by atoms with E-state index in [0.29, 0.717) is 16.2 Å². The van der Waals surface area contributed by atoms with Gasteiger partial charge in [0.15, 0.2) is 16.1 Å². The molecule has 0 saturated heterocycles. The number of fused-ring (bicyclic) bond motifs is 1. The van der Waals surface area contributed by atoms with Gasteiger partial charge in [-0.25, -0.2) is 9.50 Å². The number of carbonyl (C=O) groups excluding carboxylic acids is 1. The molecule has 0 spiro atoms. The second-order valence-electron chi connectivity index (χ2n) is 4.40. The molecule has 0 radical (unpaired) electrons. The van der Waals surface area contributed by atoms with Crippen LogP contribution in [0.25, 0.3) is 5.65 Å². The van der Waals surface area contributed by atoms with Gasteiger partial charge in [-0.05, 0) is 53.5 Å². The van der Waals surface area contributed by atoms with E-state index >= 15 is 0 Å². The molecule has 0 unspecified atom stereocenters. The van der Waals surface area contributed by atoms with Gasteiger partial charge in [0.2, 0.25) is 0 Å². The molecular weight excluding hydrogens is 324 g/mol. The van der Waals surface area contributed by atoms with Gasteiger partial charge in [0.1, 0.15) is 5.82 Å². The minimum atomic E-state index is -0.314. The minimum Gasteiger partial charge on any atom is -0.444 e. The van der Waals surface area contributed by atoms with Gasteiger partial charge in [0, 0.05) is 0 Å². The average Bonchev–Trinajstić information content (AvgIpc) is 2.95. The van der Waals surface area contributed by atoms with Gasteiger partial charge in [-0.1, -0.05) is 0 Å². The molecule has 6 nitrogen and oxygen atoms in total. The van der Waals surface area contributed by atoms with Crippen LogP contribution in [0.1, 0.15) is 21.9 Å². The highest BCUT2D eigenvalue weighted by molar-refractivity contribution is 9.10. The fourth-order valence-electron chi connectivity index (χ4n) is 1.95. The number of carbonyl (C=O) groups is 1. The van der Waals surface area contributed by atoms with Crippen molar-refractivity contribution < 1.29 is 9.21 Å². The first kappa shape index (κ1) is 12.9. The summed E-state index contributed by atoms with van der Waals surface area (Å²) in [6.45, 7) is 3.74. The topological polar surface area (TPSA) is 72.4 Å². The van der Waals surface area contributed by atoms with E-state index in [9.17, 15) is 4.79 Å². The van der Waals surface area contributed by atoms with E-state index in [-0.39, 0.29) is 11.7 Å².